The number of rotatable bonds is 3. The molecule has 0 aromatic heterocycles. The van der Waals surface area contributed by atoms with E-state index in [1.807, 2.05) is 0 Å². The normalized spacial score (nSPS) is 30.1. The Morgan fingerprint density at radius 3 is 3.08 bits per heavy atom. The monoisotopic (exact) mass is 173 g/mol. The van der Waals surface area contributed by atoms with E-state index >= 15 is 0 Å². The van der Waals surface area contributed by atoms with E-state index in [0.29, 0.717) is 6.04 Å². The summed E-state index contributed by atoms with van der Waals surface area (Å²) in [6.07, 6.45) is 1.95. The van der Waals surface area contributed by atoms with Gasteiger partial charge in [-0.25, -0.2) is 4.79 Å². The number of nitrogens with one attached hydrogen (secondary N) is 1. The van der Waals surface area contributed by atoms with Crippen molar-refractivity contribution in [1.29, 1.82) is 0 Å². The summed E-state index contributed by atoms with van der Waals surface area (Å²) in [5.41, 5.74) is 0. The molecule has 4 heteroatoms. The van der Waals surface area contributed by atoms with Crippen molar-refractivity contribution in [2.45, 2.75) is 31.9 Å². The zero-order valence-electron chi connectivity index (χ0n) is 7.25. The molecule has 0 aromatic rings. The van der Waals surface area contributed by atoms with E-state index in [1.165, 1.54) is 0 Å². The fraction of sp³-hybridized carbons (Fsp3) is 0.875. The van der Waals surface area contributed by atoms with Crippen molar-refractivity contribution in [3.8, 4) is 0 Å². The number of carbonyl (C=O) groups is 1. The molecule has 2 atom stereocenters. The lowest BCUT2D eigenvalue weighted by Gasteiger charge is -2.27. The third-order valence-electron chi connectivity index (χ3n) is 2.02. The first-order valence-corrected chi connectivity index (χ1v) is 4.25. The summed E-state index contributed by atoms with van der Waals surface area (Å²) in [4.78, 5) is 10.2. The first-order valence-electron chi connectivity index (χ1n) is 4.25. The summed E-state index contributed by atoms with van der Waals surface area (Å²) in [5, 5.41) is 11.6. The molecule has 0 saturated carbocycles. The SMILES string of the molecule is CC1CC(OCC(=O)O)CCN1. The molecule has 0 aliphatic carbocycles. The second-order valence-electron chi connectivity index (χ2n) is 3.21. The molecular weight excluding hydrogens is 158 g/mol. The number of hydrogen-bond donors (Lipinski definition) is 2. The van der Waals surface area contributed by atoms with Crippen molar-refractivity contribution in [2.75, 3.05) is 13.2 Å². The molecule has 0 bridgehead atoms. The maximum Gasteiger partial charge on any atom is 0.329 e. The summed E-state index contributed by atoms with van der Waals surface area (Å²) >= 11 is 0. The predicted molar refractivity (Wildman–Crippen MR) is 44.1 cm³/mol. The van der Waals surface area contributed by atoms with E-state index in [1.54, 1.807) is 0 Å². The quantitative estimate of drug-likeness (QED) is 0.641. The minimum Gasteiger partial charge on any atom is -0.480 e. The lowest BCUT2D eigenvalue weighted by Crippen LogP contribution is -2.39. The first kappa shape index (κ1) is 9.48. The van der Waals surface area contributed by atoms with E-state index in [-0.39, 0.29) is 12.7 Å². The van der Waals surface area contributed by atoms with Crippen LogP contribution < -0.4 is 5.32 Å². The van der Waals surface area contributed by atoms with Gasteiger partial charge in [-0.3, -0.25) is 0 Å². The summed E-state index contributed by atoms with van der Waals surface area (Å²) in [6, 6.07) is 0.442. The van der Waals surface area contributed by atoms with Crippen molar-refractivity contribution >= 4 is 5.97 Å². The molecule has 0 spiro atoms. The highest BCUT2D eigenvalue weighted by Gasteiger charge is 2.19. The molecule has 12 heavy (non-hydrogen) atoms. The van der Waals surface area contributed by atoms with E-state index in [4.69, 9.17) is 9.84 Å². The largest absolute Gasteiger partial charge is 0.480 e. The molecule has 1 rings (SSSR count). The molecular formula is C8H15NO3. The maximum atomic E-state index is 10.2. The molecule has 1 aliphatic heterocycles. The fourth-order valence-electron chi connectivity index (χ4n) is 1.43. The van der Waals surface area contributed by atoms with Crippen LogP contribution in [0, 0.1) is 0 Å². The average Bonchev–Trinajstić information content (AvgIpc) is 2.01. The summed E-state index contributed by atoms with van der Waals surface area (Å²) < 4.78 is 5.18. The van der Waals surface area contributed by atoms with Gasteiger partial charge in [0.15, 0.2) is 0 Å². The van der Waals surface area contributed by atoms with Gasteiger partial charge in [-0.15, -0.1) is 0 Å². The maximum absolute atomic E-state index is 10.2. The van der Waals surface area contributed by atoms with Gasteiger partial charge in [0.1, 0.15) is 6.61 Å². The summed E-state index contributed by atoms with van der Waals surface area (Å²) in [5.74, 6) is -0.888. The highest BCUT2D eigenvalue weighted by Crippen LogP contribution is 2.11. The van der Waals surface area contributed by atoms with Crippen LogP contribution in [0.5, 0.6) is 0 Å². The van der Waals surface area contributed by atoms with Gasteiger partial charge in [0.05, 0.1) is 6.10 Å². The molecule has 0 amide bonds. The number of ether oxygens (including phenoxy) is 1. The summed E-state index contributed by atoms with van der Waals surface area (Å²) in [7, 11) is 0. The highest BCUT2D eigenvalue weighted by molar-refractivity contribution is 5.68. The van der Waals surface area contributed by atoms with Gasteiger partial charge < -0.3 is 15.2 Å². The predicted octanol–water partition coefficient (Wildman–Crippen LogP) is 0.228. The van der Waals surface area contributed by atoms with Crippen molar-refractivity contribution in [1.82, 2.24) is 5.32 Å². The van der Waals surface area contributed by atoms with Crippen LogP contribution in [0.3, 0.4) is 0 Å². The van der Waals surface area contributed by atoms with Gasteiger partial charge >= 0.3 is 5.97 Å². The van der Waals surface area contributed by atoms with Crippen LogP contribution in [0.15, 0.2) is 0 Å². The van der Waals surface area contributed by atoms with Crippen LogP contribution in [0.2, 0.25) is 0 Å². The van der Waals surface area contributed by atoms with Crippen LogP contribution in [0.4, 0.5) is 0 Å². The Bertz CT molecular complexity index is 160. The van der Waals surface area contributed by atoms with Gasteiger partial charge in [-0.05, 0) is 26.3 Å². The summed E-state index contributed by atoms with van der Waals surface area (Å²) in [6.45, 7) is 2.83. The average molecular weight is 173 g/mol. The second kappa shape index (κ2) is 4.42. The Kier molecular flexibility index (Phi) is 3.49. The lowest BCUT2D eigenvalue weighted by molar-refractivity contribution is -0.145. The number of hydrogen-bond acceptors (Lipinski definition) is 3. The number of carboxylic acids is 1. The Morgan fingerprint density at radius 2 is 2.50 bits per heavy atom. The topological polar surface area (TPSA) is 58.6 Å². The number of piperidine rings is 1. The van der Waals surface area contributed by atoms with E-state index < -0.39 is 5.97 Å². The molecule has 2 unspecified atom stereocenters. The standard InChI is InChI=1S/C8H15NO3/c1-6-4-7(2-3-9-6)12-5-8(10)11/h6-7,9H,2-5H2,1H3,(H,10,11). The van der Waals surface area contributed by atoms with Gasteiger partial charge in [0, 0.05) is 6.04 Å². The van der Waals surface area contributed by atoms with Crippen molar-refractivity contribution < 1.29 is 14.6 Å². The smallest absolute Gasteiger partial charge is 0.329 e. The molecule has 0 radical (unpaired) electrons. The first-order chi connectivity index (χ1) is 5.68. The lowest BCUT2D eigenvalue weighted by atomic mass is 10.0. The molecule has 4 nitrogen and oxygen atoms in total. The van der Waals surface area contributed by atoms with Crippen molar-refractivity contribution in [2.24, 2.45) is 0 Å². The van der Waals surface area contributed by atoms with Crippen LogP contribution in [0.25, 0.3) is 0 Å². The molecule has 70 valence electrons. The fourth-order valence-corrected chi connectivity index (χ4v) is 1.43. The minimum atomic E-state index is -0.888. The van der Waals surface area contributed by atoms with Crippen molar-refractivity contribution in [3.63, 3.8) is 0 Å². The molecule has 1 fully saturated rings. The van der Waals surface area contributed by atoms with Gasteiger partial charge in [0.2, 0.25) is 0 Å². The Morgan fingerprint density at radius 1 is 1.75 bits per heavy atom. The Balaban J connectivity index is 2.18. The van der Waals surface area contributed by atoms with Gasteiger partial charge in [-0.1, -0.05) is 0 Å². The Hall–Kier alpha value is -0.610. The van der Waals surface area contributed by atoms with Crippen LogP contribution in [0.1, 0.15) is 19.8 Å². The molecule has 2 N–H and O–H groups in total. The molecule has 1 aliphatic rings. The third kappa shape index (κ3) is 3.19. The number of carboxylic acid groups (broad SMARTS) is 1. The highest BCUT2D eigenvalue weighted by atomic mass is 16.5. The molecule has 1 saturated heterocycles. The zero-order valence-corrected chi connectivity index (χ0v) is 7.25. The zero-order chi connectivity index (χ0) is 8.97. The number of aliphatic carboxylic acids is 1. The van der Waals surface area contributed by atoms with Crippen LogP contribution in [-0.4, -0.2) is 36.4 Å². The second-order valence-corrected chi connectivity index (χ2v) is 3.21. The minimum absolute atomic E-state index is 0.123. The Labute approximate surface area is 71.9 Å². The van der Waals surface area contributed by atoms with E-state index in [2.05, 4.69) is 12.2 Å². The van der Waals surface area contributed by atoms with Crippen molar-refractivity contribution in [3.05, 3.63) is 0 Å². The molecule has 0 aromatic carbocycles. The van der Waals surface area contributed by atoms with E-state index in [9.17, 15) is 4.79 Å². The van der Waals surface area contributed by atoms with Gasteiger partial charge in [-0.2, -0.15) is 0 Å². The molecule has 1 heterocycles. The van der Waals surface area contributed by atoms with E-state index in [0.717, 1.165) is 19.4 Å². The van der Waals surface area contributed by atoms with Crippen LogP contribution in [-0.2, 0) is 9.53 Å². The third-order valence-corrected chi connectivity index (χ3v) is 2.02. The van der Waals surface area contributed by atoms with Gasteiger partial charge in [0.25, 0.3) is 0 Å². The van der Waals surface area contributed by atoms with Crippen LogP contribution >= 0.6 is 0 Å².